The highest BCUT2D eigenvalue weighted by atomic mass is 15.4. The van der Waals surface area contributed by atoms with Crippen LogP contribution in [0.1, 0.15) is 0 Å². The summed E-state index contributed by atoms with van der Waals surface area (Å²) < 4.78 is 28.3. The Labute approximate surface area is 806 Å². The minimum atomic E-state index is 0.637. The van der Waals surface area contributed by atoms with E-state index in [-0.39, 0.29) is 0 Å². The van der Waals surface area contributed by atoms with Gasteiger partial charge in [0.2, 0.25) is 11.6 Å². The van der Waals surface area contributed by atoms with Crippen LogP contribution in [-0.2, 0) is 0 Å². The van der Waals surface area contributed by atoms with Crippen LogP contribution in [0, 0.1) is 0 Å². The molecule has 32 aromatic heterocycles. The molecule has 0 atom stereocenters. The molecule has 54 heteroatoms. The van der Waals surface area contributed by atoms with E-state index in [2.05, 4.69) is 191 Å². The molecule has 704 valence electrons. The van der Waals surface area contributed by atoms with E-state index in [0.29, 0.717) is 17.3 Å². The Morgan fingerprint density at radius 3 is 1.28 bits per heavy atom. The van der Waals surface area contributed by atoms with E-state index < -0.39 is 0 Å². The molecule has 0 aliphatic rings. The van der Waals surface area contributed by atoms with Crippen LogP contribution in [0.3, 0.4) is 0 Å². The zero-order valence-corrected chi connectivity index (χ0v) is 74.9. The fourth-order valence-corrected chi connectivity index (χ4v) is 11.9. The molecule has 0 unspecified atom stereocenters. The number of hydrogen-bond donors (Lipinski definition) is 0. The fraction of sp³-hybridized carbons (Fsp3) is 0. The third kappa shape index (κ3) is 27.0. The van der Waals surface area contributed by atoms with Gasteiger partial charge in [-0.15, -0.1) is 25.5 Å². The summed E-state index contributed by atoms with van der Waals surface area (Å²) in [4.78, 5) is 86.5. The van der Waals surface area contributed by atoms with Gasteiger partial charge in [-0.2, -0.15) is 45.9 Å². The van der Waals surface area contributed by atoms with Gasteiger partial charge in [0.05, 0.1) is 103 Å². The van der Waals surface area contributed by atoms with Gasteiger partial charge in [-0.3, -0.25) is 31.4 Å². The van der Waals surface area contributed by atoms with E-state index in [0.717, 1.165) is 73.2 Å². The fourth-order valence-electron chi connectivity index (χ4n) is 11.9. The number of fused-ring (bicyclic) bond motifs is 16. The van der Waals surface area contributed by atoms with E-state index in [1.165, 1.54) is 31.6 Å². The Morgan fingerprint density at radius 1 is 0.153 bits per heavy atom. The predicted molar refractivity (Wildman–Crippen MR) is 515 cm³/mol. The first kappa shape index (κ1) is 93.3. The first-order valence-corrected chi connectivity index (χ1v) is 42.4. The normalized spacial score (nSPS) is 10.2. The second kappa shape index (κ2) is 50.0. The third-order valence-electron chi connectivity index (χ3n) is 18.5. The van der Waals surface area contributed by atoms with Crippen molar-refractivity contribution in [3.63, 3.8) is 0 Å². The lowest BCUT2D eigenvalue weighted by molar-refractivity contribution is 0.807. The largest absolute Gasteiger partial charge is 0.306 e. The van der Waals surface area contributed by atoms with E-state index in [1.54, 1.807) is 279 Å². The van der Waals surface area contributed by atoms with Crippen molar-refractivity contribution in [1.82, 2.24) is 263 Å². The summed E-state index contributed by atoms with van der Waals surface area (Å²) in [5.41, 5.74) is 11.0. The van der Waals surface area contributed by atoms with E-state index in [9.17, 15) is 0 Å². The van der Waals surface area contributed by atoms with Gasteiger partial charge >= 0.3 is 0 Å². The van der Waals surface area contributed by atoms with Crippen LogP contribution in [-0.4, -0.2) is 263 Å². The topological polar surface area (TPSA) is 560 Å². The molecule has 32 aromatic rings. The average molecular weight is 1910 g/mol. The smallest absolute Gasteiger partial charge is 0.253 e. The molecular weight excluding hydrogens is 1840 g/mol. The molecule has 0 N–H and O–H groups in total. The molecule has 0 saturated carbocycles. The van der Waals surface area contributed by atoms with Crippen LogP contribution < -0.4 is 0 Å². The summed E-state index contributed by atoms with van der Waals surface area (Å²) in [5, 5.41) is 60.9. The highest BCUT2D eigenvalue weighted by Crippen LogP contribution is 2.05. The maximum Gasteiger partial charge on any atom is 0.253 e. The van der Waals surface area contributed by atoms with Gasteiger partial charge < -0.3 is 8.80 Å². The van der Waals surface area contributed by atoms with Crippen molar-refractivity contribution in [3.05, 3.63) is 457 Å². The molecular formula is C90H74N54. The lowest BCUT2D eigenvalue weighted by Gasteiger charge is -1.86. The molecule has 0 radical (unpaired) electrons. The zero-order valence-electron chi connectivity index (χ0n) is 74.9. The van der Waals surface area contributed by atoms with E-state index >= 15 is 0 Å². The molecule has 0 spiro atoms. The number of rotatable bonds is 0. The van der Waals surface area contributed by atoms with Gasteiger partial charge in [0, 0.05) is 211 Å². The number of aromatic nitrogens is 54. The average Bonchev–Trinajstić information content (AvgIpc) is 1.88. The molecule has 0 aliphatic carbocycles. The van der Waals surface area contributed by atoms with Crippen LogP contribution in [0.5, 0.6) is 0 Å². The lowest BCUT2D eigenvalue weighted by atomic mass is 10.5. The van der Waals surface area contributed by atoms with Crippen molar-refractivity contribution in [2.24, 2.45) is 0 Å². The van der Waals surface area contributed by atoms with Crippen molar-refractivity contribution < 1.29 is 0 Å². The minimum Gasteiger partial charge on any atom is -0.306 e. The van der Waals surface area contributed by atoms with Crippen molar-refractivity contribution in [2.75, 3.05) is 0 Å². The molecule has 0 aromatic carbocycles. The van der Waals surface area contributed by atoms with Crippen molar-refractivity contribution in [3.8, 4) is 0 Å². The lowest BCUT2D eigenvalue weighted by Crippen LogP contribution is -1.90. The van der Waals surface area contributed by atoms with Crippen LogP contribution in [0.4, 0.5) is 0 Å². The molecule has 0 aliphatic heterocycles. The Balaban J connectivity index is 0.000000105. The molecule has 32 rings (SSSR count). The van der Waals surface area contributed by atoms with Gasteiger partial charge in [0.15, 0.2) is 39.5 Å². The summed E-state index contributed by atoms with van der Waals surface area (Å²) in [5.74, 6) is 2.71. The first-order chi connectivity index (χ1) is 71.5. The summed E-state index contributed by atoms with van der Waals surface area (Å²) in [7, 11) is 0. The number of nitrogens with zero attached hydrogens (tertiary/aromatic N) is 54. The van der Waals surface area contributed by atoms with Gasteiger partial charge in [-0.05, 0) is 103 Å². The van der Waals surface area contributed by atoms with Gasteiger partial charge in [-0.1, -0.05) is 10.4 Å². The third-order valence-corrected chi connectivity index (χ3v) is 18.5. The Hall–Kier alpha value is -22.5. The van der Waals surface area contributed by atoms with E-state index in [1.807, 2.05) is 218 Å². The summed E-state index contributed by atoms with van der Waals surface area (Å²) in [6.45, 7) is 0. The molecule has 144 heavy (non-hydrogen) atoms. The van der Waals surface area contributed by atoms with Gasteiger partial charge in [-0.25, -0.2) is 141 Å². The monoisotopic (exact) mass is 1910 g/mol. The van der Waals surface area contributed by atoms with Gasteiger partial charge in [0.25, 0.3) is 11.6 Å². The second-order valence-corrected chi connectivity index (χ2v) is 27.6. The molecule has 0 saturated heterocycles. The van der Waals surface area contributed by atoms with Crippen LogP contribution in [0.15, 0.2) is 457 Å². The van der Waals surface area contributed by atoms with Crippen molar-refractivity contribution in [2.45, 2.75) is 0 Å². The van der Waals surface area contributed by atoms with E-state index in [4.69, 9.17) is 0 Å². The predicted octanol–water partition coefficient (Wildman–Crippen LogP) is 8.04. The Bertz CT molecular complexity index is 6630. The maximum atomic E-state index is 4.04. The quantitative estimate of drug-likeness (QED) is 0.138. The van der Waals surface area contributed by atoms with Crippen LogP contribution in [0.2, 0.25) is 0 Å². The summed E-state index contributed by atoms with van der Waals surface area (Å²) in [6.07, 6.45) is 96.8. The van der Waals surface area contributed by atoms with Crippen molar-refractivity contribution >= 4 is 90.5 Å². The SMILES string of the molecule is c1cc2ccnnn2c1.c1cc2cncnn2c1.c1cc2cncnn2c1.c1cc2nccn2cn1.c1cc2nccn2nn1.c1cc2nccnn2c1.c1cc2ncncn2c1.c1cc2nnccn2c1.c1cn2ccnc2cn1.c1cn2ccnc2nn1.c1cn2cncnc2n1.c1cn2cnncc2n1.c1cn2ncncc2n1.c1cnc2nccn2c1.c1cnn2ccnc2c1.c1cnn2ccnc2n1. The first-order valence-electron chi connectivity index (χ1n) is 42.4. The van der Waals surface area contributed by atoms with Crippen LogP contribution >= 0.6 is 0 Å². The second-order valence-electron chi connectivity index (χ2n) is 27.6. The number of imidazole rings is 10. The maximum absolute atomic E-state index is 4.04. The number of hydrogen-bond acceptors (Lipinski definition) is 38. The molecule has 32 heterocycles. The molecule has 0 amide bonds. The Morgan fingerprint density at radius 2 is 0.590 bits per heavy atom. The molecule has 0 fully saturated rings. The molecule has 54 nitrogen and oxygen atoms in total. The minimum absolute atomic E-state index is 0.637. The summed E-state index contributed by atoms with van der Waals surface area (Å²) in [6, 6.07) is 34.4. The molecule has 0 bridgehead atoms. The summed E-state index contributed by atoms with van der Waals surface area (Å²) >= 11 is 0. The van der Waals surface area contributed by atoms with Gasteiger partial charge in [0.1, 0.15) is 68.2 Å². The van der Waals surface area contributed by atoms with Crippen molar-refractivity contribution in [1.29, 1.82) is 0 Å². The zero-order chi connectivity index (χ0) is 97.7. The standard InChI is InChI=1S/10C6H5N3.6C5H4N4/c1-3-9-4-2-8-6(9)5-7-1;1-2-7-5-9-4-3-8-6(1)9;1-2-6-7-3-4-8-9(6)5-1;1-2-6-3-4-7-8-9(6)5-1;1-2-7-6-8-3-5-9(6)4-1;1-2-6-8-7-3-5-9(6)4-1;1-2-6-8-4-7-5-9(6)3-1;2*1-2-6-4-7-5-8-9(6)3-1;1-2-6-7-4-5-9(6)8-3-1;1-3-9-4-2-7-8-5(9)6-1;1-2-9-4-6-3-8-5(9)7-1;1-2-9-5(7-1)3-6-4-8-9;1-2-9-4-8-7-3-5(9)6-1;1-2-8-9-4-3-7-5(9)6-1;1-2-7-8-9-4-3-6-5(1)9/h10*1-5H;6*1-4H. The Kier molecular flexibility index (Phi) is 32.4. The highest BCUT2D eigenvalue weighted by molar-refractivity contribution is 5.46. The van der Waals surface area contributed by atoms with Crippen LogP contribution in [0.25, 0.3) is 90.5 Å². The highest BCUT2D eigenvalue weighted by Gasteiger charge is 1.99.